The highest BCUT2D eigenvalue weighted by molar-refractivity contribution is 6.05. The highest BCUT2D eigenvalue weighted by Crippen LogP contribution is 2.18. The molecule has 4 nitrogen and oxygen atoms in total. The Hall–Kier alpha value is -2.95. The summed E-state index contributed by atoms with van der Waals surface area (Å²) in [5.74, 6) is -0.369. The second-order valence-corrected chi connectivity index (χ2v) is 5.39. The van der Waals surface area contributed by atoms with Gasteiger partial charge in [-0.15, -0.1) is 0 Å². The standard InChI is InChI=1S/C19H17FN2O2/c1-22(12-13-24-17-10-3-2-9-16(17)20)19(23)15-8-4-6-14-7-5-11-21-18(14)15/h2-11H,12-13H2,1H3. The Kier molecular flexibility index (Phi) is 4.70. The zero-order valence-corrected chi connectivity index (χ0v) is 13.3. The van der Waals surface area contributed by atoms with E-state index < -0.39 is 5.82 Å². The Morgan fingerprint density at radius 2 is 1.92 bits per heavy atom. The van der Waals surface area contributed by atoms with Crippen molar-refractivity contribution >= 4 is 16.8 Å². The number of likely N-dealkylation sites (N-methyl/N-ethyl adjacent to an activating group) is 1. The summed E-state index contributed by atoms with van der Waals surface area (Å²) in [4.78, 5) is 18.5. The number of amides is 1. The van der Waals surface area contributed by atoms with Gasteiger partial charge in [-0.2, -0.15) is 0 Å². The van der Waals surface area contributed by atoms with Crippen LogP contribution >= 0.6 is 0 Å². The van der Waals surface area contributed by atoms with Gasteiger partial charge in [-0.25, -0.2) is 4.39 Å². The second-order valence-electron chi connectivity index (χ2n) is 5.39. The summed E-state index contributed by atoms with van der Waals surface area (Å²) in [6, 6.07) is 15.5. The van der Waals surface area contributed by atoms with Gasteiger partial charge in [-0.1, -0.05) is 30.3 Å². The molecule has 0 unspecified atom stereocenters. The molecule has 0 fully saturated rings. The number of halogens is 1. The Labute approximate surface area is 139 Å². The van der Waals surface area contributed by atoms with Gasteiger partial charge >= 0.3 is 0 Å². The number of fused-ring (bicyclic) bond motifs is 1. The Morgan fingerprint density at radius 3 is 2.75 bits per heavy atom. The summed E-state index contributed by atoms with van der Waals surface area (Å²) in [5, 5.41) is 0.916. The van der Waals surface area contributed by atoms with E-state index >= 15 is 0 Å². The number of para-hydroxylation sites is 2. The molecule has 1 heterocycles. The third kappa shape index (κ3) is 3.35. The molecule has 0 spiro atoms. The Bertz CT molecular complexity index is 861. The fraction of sp³-hybridized carbons (Fsp3) is 0.158. The molecule has 1 amide bonds. The van der Waals surface area contributed by atoms with Gasteiger partial charge in [-0.05, 0) is 24.3 Å². The zero-order chi connectivity index (χ0) is 16.9. The number of benzene rings is 2. The van der Waals surface area contributed by atoms with E-state index in [1.165, 1.54) is 6.07 Å². The van der Waals surface area contributed by atoms with Crippen LogP contribution in [0.2, 0.25) is 0 Å². The van der Waals surface area contributed by atoms with Crippen LogP contribution in [0.1, 0.15) is 10.4 Å². The number of hydrogen-bond acceptors (Lipinski definition) is 3. The smallest absolute Gasteiger partial charge is 0.255 e. The lowest BCUT2D eigenvalue weighted by Gasteiger charge is -2.18. The first kappa shape index (κ1) is 15.9. The van der Waals surface area contributed by atoms with Crippen molar-refractivity contribution in [3.63, 3.8) is 0 Å². The maximum Gasteiger partial charge on any atom is 0.255 e. The van der Waals surface area contributed by atoms with Crippen LogP contribution in [0.15, 0.2) is 60.8 Å². The lowest BCUT2D eigenvalue weighted by Crippen LogP contribution is -2.31. The van der Waals surface area contributed by atoms with Crippen molar-refractivity contribution in [1.82, 2.24) is 9.88 Å². The molecule has 0 aliphatic rings. The molecule has 3 aromatic rings. The quantitative estimate of drug-likeness (QED) is 0.721. The SMILES string of the molecule is CN(CCOc1ccccc1F)C(=O)c1cccc2cccnc12. The lowest BCUT2D eigenvalue weighted by atomic mass is 10.1. The van der Waals surface area contributed by atoms with E-state index in [0.717, 1.165) is 5.39 Å². The molecule has 0 N–H and O–H groups in total. The molecule has 0 atom stereocenters. The number of hydrogen-bond donors (Lipinski definition) is 0. The Morgan fingerprint density at radius 1 is 1.12 bits per heavy atom. The molecule has 24 heavy (non-hydrogen) atoms. The number of carbonyl (C=O) groups excluding carboxylic acids is 1. The van der Waals surface area contributed by atoms with Gasteiger partial charge in [0, 0.05) is 18.6 Å². The van der Waals surface area contributed by atoms with Crippen LogP contribution in [0.25, 0.3) is 10.9 Å². The predicted molar refractivity (Wildman–Crippen MR) is 90.6 cm³/mol. The van der Waals surface area contributed by atoms with Gasteiger partial charge in [0.2, 0.25) is 0 Å². The molecule has 0 radical (unpaired) electrons. The molecule has 1 aromatic heterocycles. The van der Waals surface area contributed by atoms with Crippen LogP contribution in [-0.2, 0) is 0 Å². The van der Waals surface area contributed by atoms with Crippen molar-refractivity contribution in [3.05, 3.63) is 72.2 Å². The summed E-state index contributed by atoms with van der Waals surface area (Å²) < 4.78 is 18.9. The molecule has 3 rings (SSSR count). The van der Waals surface area contributed by atoms with E-state index in [-0.39, 0.29) is 18.3 Å². The van der Waals surface area contributed by atoms with E-state index in [1.807, 2.05) is 24.3 Å². The molecule has 0 saturated heterocycles. The molecule has 0 bridgehead atoms. The minimum atomic E-state index is -0.412. The van der Waals surface area contributed by atoms with Gasteiger partial charge in [0.15, 0.2) is 11.6 Å². The fourth-order valence-corrected chi connectivity index (χ4v) is 2.44. The number of carbonyl (C=O) groups is 1. The molecule has 0 aliphatic heterocycles. The van der Waals surface area contributed by atoms with E-state index in [9.17, 15) is 9.18 Å². The van der Waals surface area contributed by atoms with E-state index in [0.29, 0.717) is 17.6 Å². The average molecular weight is 324 g/mol. The van der Waals surface area contributed by atoms with Crippen LogP contribution in [0.3, 0.4) is 0 Å². The molecule has 0 saturated carbocycles. The Balaban J connectivity index is 1.67. The minimum Gasteiger partial charge on any atom is -0.489 e. The monoisotopic (exact) mass is 324 g/mol. The summed E-state index contributed by atoms with van der Waals surface area (Å²) >= 11 is 0. The number of aromatic nitrogens is 1. The minimum absolute atomic E-state index is 0.142. The van der Waals surface area contributed by atoms with E-state index in [4.69, 9.17) is 4.74 Å². The highest BCUT2D eigenvalue weighted by atomic mass is 19.1. The van der Waals surface area contributed by atoms with E-state index in [1.54, 1.807) is 42.4 Å². The summed E-state index contributed by atoms with van der Waals surface area (Å²) in [6.45, 7) is 0.553. The first-order valence-electron chi connectivity index (χ1n) is 7.63. The molecular weight excluding hydrogens is 307 g/mol. The summed E-state index contributed by atoms with van der Waals surface area (Å²) in [6.07, 6.45) is 1.67. The van der Waals surface area contributed by atoms with Crippen LogP contribution in [-0.4, -0.2) is 36.0 Å². The van der Waals surface area contributed by atoms with Crippen molar-refractivity contribution in [2.24, 2.45) is 0 Å². The van der Waals surface area contributed by atoms with Gasteiger partial charge in [0.1, 0.15) is 6.61 Å². The van der Waals surface area contributed by atoms with Crippen molar-refractivity contribution in [2.45, 2.75) is 0 Å². The molecule has 2 aromatic carbocycles. The number of nitrogens with zero attached hydrogens (tertiary/aromatic N) is 2. The van der Waals surface area contributed by atoms with Gasteiger partial charge in [0.05, 0.1) is 17.6 Å². The zero-order valence-electron chi connectivity index (χ0n) is 13.3. The van der Waals surface area contributed by atoms with Crippen molar-refractivity contribution in [1.29, 1.82) is 0 Å². The number of pyridine rings is 1. The molecule has 5 heteroatoms. The van der Waals surface area contributed by atoms with Crippen LogP contribution in [0.5, 0.6) is 5.75 Å². The van der Waals surface area contributed by atoms with Crippen molar-refractivity contribution in [2.75, 3.05) is 20.2 Å². The molecule has 122 valence electrons. The van der Waals surface area contributed by atoms with Crippen LogP contribution < -0.4 is 4.74 Å². The number of rotatable bonds is 5. The first-order chi connectivity index (χ1) is 11.7. The summed E-state index contributed by atoms with van der Waals surface area (Å²) in [7, 11) is 1.69. The third-order valence-electron chi connectivity index (χ3n) is 3.73. The van der Waals surface area contributed by atoms with Crippen LogP contribution in [0.4, 0.5) is 4.39 Å². The normalized spacial score (nSPS) is 10.6. The van der Waals surface area contributed by atoms with Crippen LogP contribution in [0, 0.1) is 5.82 Å². The number of ether oxygens (including phenoxy) is 1. The lowest BCUT2D eigenvalue weighted by molar-refractivity contribution is 0.0774. The van der Waals surface area contributed by atoms with Gasteiger partial charge < -0.3 is 9.64 Å². The predicted octanol–water partition coefficient (Wildman–Crippen LogP) is 3.52. The van der Waals surface area contributed by atoms with Crippen molar-refractivity contribution in [3.8, 4) is 5.75 Å². The topological polar surface area (TPSA) is 42.4 Å². The van der Waals surface area contributed by atoms with Crippen molar-refractivity contribution < 1.29 is 13.9 Å². The highest BCUT2D eigenvalue weighted by Gasteiger charge is 2.15. The van der Waals surface area contributed by atoms with Gasteiger partial charge in [-0.3, -0.25) is 9.78 Å². The fourth-order valence-electron chi connectivity index (χ4n) is 2.44. The van der Waals surface area contributed by atoms with E-state index in [2.05, 4.69) is 4.98 Å². The summed E-state index contributed by atoms with van der Waals surface area (Å²) in [5.41, 5.74) is 1.22. The van der Waals surface area contributed by atoms with Gasteiger partial charge in [0.25, 0.3) is 5.91 Å². The third-order valence-corrected chi connectivity index (χ3v) is 3.73. The average Bonchev–Trinajstić information content (AvgIpc) is 2.62. The maximum atomic E-state index is 13.5. The first-order valence-corrected chi connectivity index (χ1v) is 7.63. The maximum absolute atomic E-state index is 13.5. The largest absolute Gasteiger partial charge is 0.489 e. The second kappa shape index (κ2) is 7.08. The molecular formula is C19H17FN2O2. The molecule has 0 aliphatic carbocycles.